The minimum atomic E-state index is -4.59. The van der Waals surface area contributed by atoms with Crippen LogP contribution < -0.4 is 0 Å². The summed E-state index contributed by atoms with van der Waals surface area (Å²) < 4.78 is 68.4. The molecule has 2 rings (SSSR count). The van der Waals surface area contributed by atoms with Gasteiger partial charge in [0.1, 0.15) is 5.76 Å². The van der Waals surface area contributed by atoms with E-state index in [1.165, 1.54) is 13.3 Å². The molecule has 1 aromatic carbocycles. The first kappa shape index (κ1) is 15.6. The quantitative estimate of drug-likeness (QED) is 0.870. The topological polar surface area (TPSA) is 50.5 Å². The smallest absolute Gasteiger partial charge is 0.416 e. The molecule has 0 spiro atoms. The van der Waals surface area contributed by atoms with Crippen molar-refractivity contribution < 1.29 is 26.0 Å². The molecule has 0 N–H and O–H groups in total. The lowest BCUT2D eigenvalue weighted by molar-refractivity contribution is -0.137. The molecule has 0 aliphatic heterocycles. The molecular formula is C13H12F3NO3S. The molecule has 8 heteroatoms. The van der Waals surface area contributed by atoms with E-state index in [0.29, 0.717) is 11.8 Å². The molecule has 0 saturated carbocycles. The van der Waals surface area contributed by atoms with E-state index in [0.717, 1.165) is 22.5 Å². The molecule has 1 aromatic heterocycles. The number of sulfonamides is 1. The normalized spacial score (nSPS) is 12.8. The Labute approximate surface area is 119 Å². The average molecular weight is 319 g/mol. The van der Waals surface area contributed by atoms with Crippen LogP contribution in [0.3, 0.4) is 0 Å². The Morgan fingerprint density at radius 3 is 2.48 bits per heavy atom. The number of halogens is 3. The van der Waals surface area contributed by atoms with E-state index in [4.69, 9.17) is 4.42 Å². The van der Waals surface area contributed by atoms with Gasteiger partial charge >= 0.3 is 6.18 Å². The van der Waals surface area contributed by atoms with Gasteiger partial charge in [-0.1, -0.05) is 6.07 Å². The van der Waals surface area contributed by atoms with Crippen molar-refractivity contribution in [3.8, 4) is 0 Å². The van der Waals surface area contributed by atoms with Crippen molar-refractivity contribution in [2.45, 2.75) is 17.6 Å². The molecule has 0 aliphatic carbocycles. The average Bonchev–Trinajstić information content (AvgIpc) is 2.90. The van der Waals surface area contributed by atoms with Crippen LogP contribution in [0.2, 0.25) is 0 Å². The number of hydrogen-bond donors (Lipinski definition) is 0. The second-order valence-electron chi connectivity index (χ2n) is 4.37. The fraction of sp³-hybridized carbons (Fsp3) is 0.231. The number of hydrogen-bond acceptors (Lipinski definition) is 3. The van der Waals surface area contributed by atoms with Gasteiger partial charge in [0, 0.05) is 7.05 Å². The number of nitrogens with zero attached hydrogens (tertiary/aromatic N) is 1. The predicted octanol–water partition coefficient (Wildman–Crippen LogP) is 3.12. The van der Waals surface area contributed by atoms with Crippen LogP contribution in [0, 0.1) is 0 Å². The van der Waals surface area contributed by atoms with Gasteiger partial charge in [-0.05, 0) is 30.3 Å². The van der Waals surface area contributed by atoms with Gasteiger partial charge in [-0.3, -0.25) is 0 Å². The minimum Gasteiger partial charge on any atom is -0.468 e. The first-order valence-electron chi connectivity index (χ1n) is 5.87. The van der Waals surface area contributed by atoms with Crippen LogP contribution in [0.15, 0.2) is 52.0 Å². The molecule has 0 radical (unpaired) electrons. The summed E-state index contributed by atoms with van der Waals surface area (Å²) in [6.07, 6.45) is -3.20. The van der Waals surface area contributed by atoms with E-state index in [1.807, 2.05) is 0 Å². The van der Waals surface area contributed by atoms with Gasteiger partial charge < -0.3 is 4.42 Å². The lowest BCUT2D eigenvalue weighted by Gasteiger charge is -2.17. The molecule has 4 nitrogen and oxygen atoms in total. The van der Waals surface area contributed by atoms with E-state index >= 15 is 0 Å². The number of benzene rings is 1. The zero-order chi connectivity index (χ0) is 15.7. The minimum absolute atomic E-state index is 0.0639. The highest BCUT2D eigenvalue weighted by molar-refractivity contribution is 7.89. The molecule has 0 atom stereocenters. The molecule has 0 aliphatic rings. The van der Waals surface area contributed by atoms with Gasteiger partial charge in [-0.25, -0.2) is 8.42 Å². The monoisotopic (exact) mass is 319 g/mol. The second-order valence-corrected chi connectivity index (χ2v) is 6.41. The molecule has 114 valence electrons. The maximum absolute atomic E-state index is 12.6. The second kappa shape index (κ2) is 5.53. The van der Waals surface area contributed by atoms with Gasteiger partial charge in [0.2, 0.25) is 10.0 Å². The van der Waals surface area contributed by atoms with Gasteiger partial charge in [0.15, 0.2) is 0 Å². The van der Waals surface area contributed by atoms with Gasteiger partial charge in [0.05, 0.1) is 23.3 Å². The third-order valence-electron chi connectivity index (χ3n) is 2.83. The van der Waals surface area contributed by atoms with Gasteiger partial charge in [0.25, 0.3) is 0 Å². The lowest BCUT2D eigenvalue weighted by atomic mass is 10.2. The molecule has 0 bridgehead atoms. The molecule has 0 amide bonds. The number of rotatable bonds is 4. The van der Waals surface area contributed by atoms with Crippen molar-refractivity contribution >= 4 is 10.0 Å². The number of furan rings is 1. The fourth-order valence-corrected chi connectivity index (χ4v) is 2.90. The van der Waals surface area contributed by atoms with Crippen LogP contribution in [0.5, 0.6) is 0 Å². The van der Waals surface area contributed by atoms with Crippen molar-refractivity contribution in [1.82, 2.24) is 4.31 Å². The molecule has 1 heterocycles. The third-order valence-corrected chi connectivity index (χ3v) is 4.63. The summed E-state index contributed by atoms with van der Waals surface area (Å²) in [5.41, 5.74) is -1.00. The SMILES string of the molecule is CN(Cc1ccco1)S(=O)(=O)c1cccc(C(F)(F)F)c1. The summed E-state index contributed by atoms with van der Waals surface area (Å²) in [7, 11) is -2.75. The van der Waals surface area contributed by atoms with E-state index < -0.39 is 26.7 Å². The van der Waals surface area contributed by atoms with E-state index in [1.54, 1.807) is 12.1 Å². The first-order valence-corrected chi connectivity index (χ1v) is 7.31. The zero-order valence-corrected chi connectivity index (χ0v) is 11.8. The van der Waals surface area contributed by atoms with Crippen molar-refractivity contribution in [3.63, 3.8) is 0 Å². The summed E-state index contributed by atoms with van der Waals surface area (Å²) in [5, 5.41) is 0. The largest absolute Gasteiger partial charge is 0.468 e. The summed E-state index contributed by atoms with van der Waals surface area (Å²) in [6, 6.07) is 6.82. The van der Waals surface area contributed by atoms with Crippen molar-refractivity contribution in [1.29, 1.82) is 0 Å². The zero-order valence-electron chi connectivity index (χ0n) is 11.0. The molecule has 2 aromatic rings. The van der Waals surface area contributed by atoms with Crippen LogP contribution in [-0.4, -0.2) is 19.8 Å². The molecule has 21 heavy (non-hydrogen) atoms. The van der Waals surface area contributed by atoms with Crippen LogP contribution in [-0.2, 0) is 22.7 Å². The predicted molar refractivity (Wildman–Crippen MR) is 68.8 cm³/mol. The Balaban J connectivity index is 2.31. The molecule has 0 fully saturated rings. The van der Waals surface area contributed by atoms with Crippen LogP contribution in [0.4, 0.5) is 13.2 Å². The van der Waals surface area contributed by atoms with E-state index in [9.17, 15) is 21.6 Å². The van der Waals surface area contributed by atoms with Gasteiger partial charge in [-0.2, -0.15) is 17.5 Å². The van der Waals surface area contributed by atoms with E-state index in [-0.39, 0.29) is 6.54 Å². The summed E-state index contributed by atoms with van der Waals surface area (Å²) >= 11 is 0. The highest BCUT2D eigenvalue weighted by Crippen LogP contribution is 2.31. The molecule has 0 unspecified atom stereocenters. The maximum atomic E-state index is 12.6. The standard InChI is InChI=1S/C13H12F3NO3S/c1-17(9-11-5-3-7-20-11)21(18,19)12-6-2-4-10(8-12)13(14,15)16/h2-8H,9H2,1H3. The maximum Gasteiger partial charge on any atom is 0.416 e. The highest BCUT2D eigenvalue weighted by Gasteiger charge is 2.32. The summed E-state index contributed by atoms with van der Waals surface area (Å²) in [6.45, 7) is -0.0639. The Kier molecular flexibility index (Phi) is 4.11. The Bertz CT molecular complexity index is 709. The summed E-state index contributed by atoms with van der Waals surface area (Å²) in [5.74, 6) is 0.396. The lowest BCUT2D eigenvalue weighted by Crippen LogP contribution is -2.26. The van der Waals surface area contributed by atoms with Crippen molar-refractivity contribution in [3.05, 3.63) is 54.0 Å². The van der Waals surface area contributed by atoms with Crippen molar-refractivity contribution in [2.24, 2.45) is 0 Å². The Morgan fingerprint density at radius 1 is 1.19 bits per heavy atom. The van der Waals surface area contributed by atoms with Crippen LogP contribution in [0.25, 0.3) is 0 Å². The Hall–Kier alpha value is -1.80. The summed E-state index contributed by atoms with van der Waals surface area (Å²) in [4.78, 5) is -0.411. The molecule has 0 saturated heterocycles. The van der Waals surface area contributed by atoms with E-state index in [2.05, 4.69) is 0 Å². The van der Waals surface area contributed by atoms with Crippen molar-refractivity contribution in [2.75, 3.05) is 7.05 Å². The highest BCUT2D eigenvalue weighted by atomic mass is 32.2. The third kappa shape index (κ3) is 3.45. The van der Waals surface area contributed by atoms with Crippen LogP contribution >= 0.6 is 0 Å². The Morgan fingerprint density at radius 2 is 1.90 bits per heavy atom. The van der Waals surface area contributed by atoms with Crippen LogP contribution in [0.1, 0.15) is 11.3 Å². The number of alkyl halides is 3. The van der Waals surface area contributed by atoms with Gasteiger partial charge in [-0.15, -0.1) is 0 Å². The fourth-order valence-electron chi connectivity index (χ4n) is 1.72. The molecular weight excluding hydrogens is 307 g/mol. The first-order chi connectivity index (χ1) is 9.71.